The molecule has 2 aromatic rings. The Bertz CT molecular complexity index is 561. The normalized spacial score (nSPS) is 10.4. The predicted octanol–water partition coefficient (Wildman–Crippen LogP) is 2.73. The number of Topliss-reactive ketones (excluding diaryl/α,β-unsaturated/α-hetero) is 1. The van der Waals surface area contributed by atoms with Gasteiger partial charge in [-0.3, -0.25) is 9.48 Å². The molecule has 2 rings (SSSR count). The van der Waals surface area contributed by atoms with Crippen LogP contribution in [-0.4, -0.2) is 22.2 Å². The van der Waals surface area contributed by atoms with Crippen molar-refractivity contribution in [1.82, 2.24) is 9.78 Å². The van der Waals surface area contributed by atoms with Gasteiger partial charge in [-0.15, -0.1) is 0 Å². The monoisotopic (exact) mass is 258 g/mol. The van der Waals surface area contributed by atoms with Crippen LogP contribution in [0.3, 0.4) is 0 Å². The van der Waals surface area contributed by atoms with E-state index in [-0.39, 0.29) is 5.78 Å². The zero-order valence-corrected chi connectivity index (χ0v) is 11.3. The minimum atomic E-state index is 0.0553. The zero-order valence-electron chi connectivity index (χ0n) is 11.3. The first kappa shape index (κ1) is 13.3. The Hall–Kier alpha value is -2.10. The molecule has 1 aromatic heterocycles. The number of aromatic nitrogens is 2. The zero-order chi connectivity index (χ0) is 13.7. The average Bonchev–Trinajstić information content (AvgIpc) is 2.87. The molecule has 0 saturated carbocycles. The van der Waals surface area contributed by atoms with Gasteiger partial charge < -0.3 is 4.74 Å². The smallest absolute Gasteiger partial charge is 0.171 e. The summed E-state index contributed by atoms with van der Waals surface area (Å²) in [5.74, 6) is 0.706. The van der Waals surface area contributed by atoms with Crippen LogP contribution in [0, 0.1) is 0 Å². The lowest BCUT2D eigenvalue weighted by Crippen LogP contribution is -2.06. The quantitative estimate of drug-likeness (QED) is 0.748. The van der Waals surface area contributed by atoms with Gasteiger partial charge in [-0.05, 0) is 31.5 Å². The van der Waals surface area contributed by atoms with Crippen LogP contribution in [0.25, 0.3) is 0 Å². The van der Waals surface area contributed by atoms with Gasteiger partial charge in [0.2, 0.25) is 0 Å². The molecule has 0 bridgehead atoms. The van der Waals surface area contributed by atoms with Gasteiger partial charge in [-0.2, -0.15) is 5.10 Å². The standard InChI is InChI=1S/C15H18N2O2/c1-3-17-11-12(10-16-17)9-14(18)13-7-5-6-8-15(13)19-4-2/h5-8,10-11H,3-4,9H2,1-2H3. The number of aryl methyl sites for hydroxylation is 1. The van der Waals surface area contributed by atoms with E-state index in [4.69, 9.17) is 4.74 Å². The molecule has 0 amide bonds. The van der Waals surface area contributed by atoms with Crippen molar-refractivity contribution in [2.45, 2.75) is 26.8 Å². The topological polar surface area (TPSA) is 44.1 Å². The Morgan fingerprint density at radius 3 is 2.79 bits per heavy atom. The van der Waals surface area contributed by atoms with Crippen molar-refractivity contribution in [3.63, 3.8) is 0 Å². The van der Waals surface area contributed by atoms with Crippen LogP contribution < -0.4 is 4.74 Å². The Balaban J connectivity index is 2.15. The van der Waals surface area contributed by atoms with Gasteiger partial charge >= 0.3 is 0 Å². The van der Waals surface area contributed by atoms with Crippen molar-refractivity contribution in [2.75, 3.05) is 6.61 Å². The number of ether oxygens (including phenoxy) is 1. The number of carbonyl (C=O) groups is 1. The second-order valence-corrected chi connectivity index (χ2v) is 4.23. The van der Waals surface area contributed by atoms with Crippen molar-refractivity contribution in [2.24, 2.45) is 0 Å². The molecule has 19 heavy (non-hydrogen) atoms. The van der Waals surface area contributed by atoms with Crippen LogP contribution >= 0.6 is 0 Å². The molecule has 0 fully saturated rings. The predicted molar refractivity (Wildman–Crippen MR) is 73.5 cm³/mol. The molecule has 0 unspecified atom stereocenters. The Labute approximate surface area is 113 Å². The van der Waals surface area contributed by atoms with E-state index in [1.807, 2.05) is 42.9 Å². The van der Waals surface area contributed by atoms with Crippen molar-refractivity contribution in [3.8, 4) is 5.75 Å². The van der Waals surface area contributed by atoms with Crippen molar-refractivity contribution in [3.05, 3.63) is 47.8 Å². The van der Waals surface area contributed by atoms with E-state index in [2.05, 4.69) is 5.10 Å². The highest BCUT2D eigenvalue weighted by molar-refractivity contribution is 5.99. The summed E-state index contributed by atoms with van der Waals surface area (Å²) in [6, 6.07) is 7.35. The number of para-hydroxylation sites is 1. The molecule has 0 N–H and O–H groups in total. The maximum absolute atomic E-state index is 12.3. The first-order chi connectivity index (χ1) is 9.24. The van der Waals surface area contributed by atoms with Gasteiger partial charge in [0.15, 0.2) is 5.78 Å². The SMILES string of the molecule is CCOc1ccccc1C(=O)Cc1cnn(CC)c1. The minimum Gasteiger partial charge on any atom is -0.493 e. The highest BCUT2D eigenvalue weighted by Crippen LogP contribution is 2.20. The highest BCUT2D eigenvalue weighted by atomic mass is 16.5. The lowest BCUT2D eigenvalue weighted by Gasteiger charge is -2.08. The minimum absolute atomic E-state index is 0.0553. The molecule has 1 aromatic carbocycles. The summed E-state index contributed by atoms with van der Waals surface area (Å²) in [4.78, 5) is 12.3. The maximum atomic E-state index is 12.3. The second-order valence-electron chi connectivity index (χ2n) is 4.23. The molecular weight excluding hydrogens is 240 g/mol. The van der Waals surface area contributed by atoms with Crippen LogP contribution in [0.2, 0.25) is 0 Å². The summed E-state index contributed by atoms with van der Waals surface area (Å²) in [5, 5.41) is 4.17. The second kappa shape index (κ2) is 6.18. The molecule has 0 aliphatic rings. The molecule has 100 valence electrons. The fourth-order valence-electron chi connectivity index (χ4n) is 1.93. The summed E-state index contributed by atoms with van der Waals surface area (Å²) in [7, 11) is 0. The molecule has 0 aliphatic heterocycles. The van der Waals surface area contributed by atoms with E-state index in [9.17, 15) is 4.79 Å². The van der Waals surface area contributed by atoms with Gasteiger partial charge in [0, 0.05) is 19.2 Å². The molecule has 0 aliphatic carbocycles. The number of carbonyl (C=O) groups excluding carboxylic acids is 1. The van der Waals surface area contributed by atoms with Crippen LogP contribution in [0.4, 0.5) is 0 Å². The number of benzene rings is 1. The summed E-state index contributed by atoms with van der Waals surface area (Å²) >= 11 is 0. The number of hydrogen-bond donors (Lipinski definition) is 0. The highest BCUT2D eigenvalue weighted by Gasteiger charge is 2.13. The molecule has 0 spiro atoms. The van der Waals surface area contributed by atoms with Gasteiger partial charge in [0.1, 0.15) is 5.75 Å². The Morgan fingerprint density at radius 2 is 2.11 bits per heavy atom. The number of hydrogen-bond acceptors (Lipinski definition) is 3. The third kappa shape index (κ3) is 3.22. The molecule has 0 saturated heterocycles. The molecule has 4 heteroatoms. The van der Waals surface area contributed by atoms with Crippen LogP contribution in [-0.2, 0) is 13.0 Å². The molecule has 0 atom stereocenters. The van der Waals surface area contributed by atoms with Crippen LogP contribution in [0.1, 0.15) is 29.8 Å². The fourth-order valence-corrected chi connectivity index (χ4v) is 1.93. The summed E-state index contributed by atoms with van der Waals surface area (Å²) in [5.41, 5.74) is 1.56. The van der Waals surface area contributed by atoms with Gasteiger partial charge in [0.05, 0.1) is 18.4 Å². The van der Waals surface area contributed by atoms with Crippen LogP contribution in [0.5, 0.6) is 5.75 Å². The average molecular weight is 258 g/mol. The summed E-state index contributed by atoms with van der Waals surface area (Å²) in [6.07, 6.45) is 4.00. The van der Waals surface area contributed by atoms with Gasteiger partial charge in [0.25, 0.3) is 0 Å². The van der Waals surface area contributed by atoms with E-state index >= 15 is 0 Å². The summed E-state index contributed by atoms with van der Waals surface area (Å²) in [6.45, 7) is 5.29. The maximum Gasteiger partial charge on any atom is 0.171 e. The van der Waals surface area contributed by atoms with E-state index in [1.165, 1.54) is 0 Å². The molecule has 4 nitrogen and oxygen atoms in total. The Kier molecular flexibility index (Phi) is 4.34. The van der Waals surface area contributed by atoms with Crippen molar-refractivity contribution < 1.29 is 9.53 Å². The molecule has 0 radical (unpaired) electrons. The van der Waals surface area contributed by atoms with Crippen molar-refractivity contribution >= 4 is 5.78 Å². The van der Waals surface area contributed by atoms with E-state index in [0.29, 0.717) is 24.3 Å². The van der Waals surface area contributed by atoms with Gasteiger partial charge in [-0.1, -0.05) is 12.1 Å². The lowest BCUT2D eigenvalue weighted by molar-refractivity contribution is 0.0989. The Morgan fingerprint density at radius 1 is 1.32 bits per heavy atom. The van der Waals surface area contributed by atoms with Gasteiger partial charge in [-0.25, -0.2) is 0 Å². The van der Waals surface area contributed by atoms with E-state index < -0.39 is 0 Å². The fraction of sp³-hybridized carbons (Fsp3) is 0.333. The van der Waals surface area contributed by atoms with E-state index in [0.717, 1.165) is 12.1 Å². The molecule has 1 heterocycles. The van der Waals surface area contributed by atoms with E-state index in [1.54, 1.807) is 12.3 Å². The van der Waals surface area contributed by atoms with Crippen molar-refractivity contribution in [1.29, 1.82) is 0 Å². The summed E-state index contributed by atoms with van der Waals surface area (Å²) < 4.78 is 7.30. The number of rotatable bonds is 6. The third-order valence-corrected chi connectivity index (χ3v) is 2.86. The molecular formula is C15H18N2O2. The largest absolute Gasteiger partial charge is 0.493 e. The first-order valence-corrected chi connectivity index (χ1v) is 6.51. The van der Waals surface area contributed by atoms with Crippen LogP contribution in [0.15, 0.2) is 36.7 Å². The number of ketones is 1. The first-order valence-electron chi connectivity index (χ1n) is 6.51. The third-order valence-electron chi connectivity index (χ3n) is 2.86. The lowest BCUT2D eigenvalue weighted by atomic mass is 10.0. The number of nitrogens with zero attached hydrogens (tertiary/aromatic N) is 2.